The molecule has 0 aliphatic heterocycles. The van der Waals surface area contributed by atoms with Gasteiger partial charge in [0.05, 0.1) is 4.88 Å². The SMILES string of the molecule is C#Cc1sccc1SCc1ccccc1. The van der Waals surface area contributed by atoms with Gasteiger partial charge in [0.1, 0.15) is 0 Å². The Hall–Kier alpha value is -1.17. The van der Waals surface area contributed by atoms with Crippen molar-refractivity contribution in [3.8, 4) is 12.3 Å². The number of terminal acetylenes is 1. The van der Waals surface area contributed by atoms with Crippen molar-refractivity contribution in [3.63, 3.8) is 0 Å². The maximum atomic E-state index is 5.41. The van der Waals surface area contributed by atoms with Crippen LogP contribution in [0.1, 0.15) is 10.4 Å². The van der Waals surface area contributed by atoms with Crippen LogP contribution in [0.25, 0.3) is 0 Å². The molecule has 1 aromatic heterocycles. The van der Waals surface area contributed by atoms with E-state index < -0.39 is 0 Å². The first kappa shape index (κ1) is 10.4. The van der Waals surface area contributed by atoms with Gasteiger partial charge in [-0.05, 0) is 17.0 Å². The molecule has 15 heavy (non-hydrogen) atoms. The van der Waals surface area contributed by atoms with Crippen LogP contribution in [0.4, 0.5) is 0 Å². The normalized spacial score (nSPS) is 9.80. The third-order valence-corrected chi connectivity index (χ3v) is 4.10. The van der Waals surface area contributed by atoms with Crippen LogP contribution < -0.4 is 0 Å². The highest BCUT2D eigenvalue weighted by molar-refractivity contribution is 7.98. The van der Waals surface area contributed by atoms with Gasteiger partial charge in [-0.2, -0.15) is 0 Å². The van der Waals surface area contributed by atoms with Crippen LogP contribution in [-0.2, 0) is 5.75 Å². The molecule has 0 amide bonds. The minimum Gasteiger partial charge on any atom is -0.134 e. The molecule has 2 rings (SSSR count). The zero-order chi connectivity index (χ0) is 10.5. The molecule has 2 heteroatoms. The molecule has 1 aromatic carbocycles. The van der Waals surface area contributed by atoms with E-state index in [0.29, 0.717) is 0 Å². The number of benzene rings is 1. The predicted octanol–water partition coefficient (Wildman–Crippen LogP) is 4.02. The molecule has 0 unspecified atom stereocenters. The summed E-state index contributed by atoms with van der Waals surface area (Å²) >= 11 is 3.43. The highest BCUT2D eigenvalue weighted by Gasteiger charge is 2.02. The quantitative estimate of drug-likeness (QED) is 0.567. The van der Waals surface area contributed by atoms with Crippen molar-refractivity contribution in [1.29, 1.82) is 0 Å². The molecule has 2 aromatic rings. The van der Waals surface area contributed by atoms with Crippen molar-refractivity contribution in [2.75, 3.05) is 0 Å². The Morgan fingerprint density at radius 1 is 1.20 bits per heavy atom. The first-order valence-electron chi connectivity index (χ1n) is 4.61. The van der Waals surface area contributed by atoms with Crippen LogP contribution in [0.5, 0.6) is 0 Å². The van der Waals surface area contributed by atoms with Gasteiger partial charge in [-0.25, -0.2) is 0 Å². The molecule has 0 radical (unpaired) electrons. The molecule has 0 saturated carbocycles. The molecule has 0 bridgehead atoms. The summed E-state index contributed by atoms with van der Waals surface area (Å²) in [6, 6.07) is 12.5. The van der Waals surface area contributed by atoms with Gasteiger partial charge in [0.15, 0.2) is 0 Å². The zero-order valence-corrected chi connectivity index (χ0v) is 9.78. The average Bonchev–Trinajstić information content (AvgIpc) is 2.75. The fraction of sp³-hybridized carbons (Fsp3) is 0.0769. The lowest BCUT2D eigenvalue weighted by molar-refractivity contribution is 1.40. The molecule has 0 aliphatic carbocycles. The molecule has 0 nitrogen and oxygen atoms in total. The fourth-order valence-corrected chi connectivity index (χ4v) is 3.12. The van der Waals surface area contributed by atoms with E-state index in [0.717, 1.165) is 10.6 Å². The third-order valence-electron chi connectivity index (χ3n) is 2.00. The Morgan fingerprint density at radius 2 is 2.00 bits per heavy atom. The average molecular weight is 230 g/mol. The summed E-state index contributed by atoms with van der Waals surface area (Å²) in [5.41, 5.74) is 1.33. The molecule has 0 aliphatic rings. The molecule has 0 saturated heterocycles. The Kier molecular flexibility index (Phi) is 3.49. The second-order valence-corrected chi connectivity index (χ2v) is 4.97. The van der Waals surface area contributed by atoms with Crippen LogP contribution in [0, 0.1) is 12.3 Å². The topological polar surface area (TPSA) is 0 Å². The van der Waals surface area contributed by atoms with Crippen molar-refractivity contribution in [2.45, 2.75) is 10.6 Å². The van der Waals surface area contributed by atoms with E-state index in [1.165, 1.54) is 10.5 Å². The largest absolute Gasteiger partial charge is 0.134 e. The highest BCUT2D eigenvalue weighted by atomic mass is 32.2. The monoisotopic (exact) mass is 230 g/mol. The van der Waals surface area contributed by atoms with Gasteiger partial charge in [-0.3, -0.25) is 0 Å². The molecule has 1 heterocycles. The lowest BCUT2D eigenvalue weighted by atomic mass is 10.2. The van der Waals surface area contributed by atoms with Gasteiger partial charge >= 0.3 is 0 Å². The minimum absolute atomic E-state index is 0.978. The number of rotatable bonds is 3. The summed E-state index contributed by atoms with van der Waals surface area (Å²) in [4.78, 5) is 2.25. The number of thiophene rings is 1. The minimum atomic E-state index is 0.978. The van der Waals surface area contributed by atoms with Gasteiger partial charge in [0.25, 0.3) is 0 Å². The number of hydrogen-bond donors (Lipinski definition) is 0. The summed E-state index contributed by atoms with van der Waals surface area (Å²) in [5.74, 6) is 3.69. The summed E-state index contributed by atoms with van der Waals surface area (Å²) in [5, 5.41) is 2.04. The van der Waals surface area contributed by atoms with Gasteiger partial charge < -0.3 is 0 Å². The molecule has 74 valence electrons. The van der Waals surface area contributed by atoms with E-state index in [2.05, 4.69) is 36.3 Å². The second kappa shape index (κ2) is 5.06. The Morgan fingerprint density at radius 3 is 2.73 bits per heavy atom. The van der Waals surface area contributed by atoms with Crippen LogP contribution in [0.2, 0.25) is 0 Å². The van der Waals surface area contributed by atoms with Crippen molar-refractivity contribution in [2.24, 2.45) is 0 Å². The maximum Gasteiger partial charge on any atom is 0.0901 e. The van der Waals surface area contributed by atoms with Crippen molar-refractivity contribution >= 4 is 23.1 Å². The van der Waals surface area contributed by atoms with Crippen LogP contribution >= 0.6 is 23.1 Å². The highest BCUT2D eigenvalue weighted by Crippen LogP contribution is 2.29. The van der Waals surface area contributed by atoms with Crippen LogP contribution in [-0.4, -0.2) is 0 Å². The molecule has 0 N–H and O–H groups in total. The smallest absolute Gasteiger partial charge is 0.0901 e. The molecular weight excluding hydrogens is 220 g/mol. The van der Waals surface area contributed by atoms with E-state index in [1.54, 1.807) is 23.1 Å². The lowest BCUT2D eigenvalue weighted by Gasteiger charge is -1.99. The van der Waals surface area contributed by atoms with E-state index in [-0.39, 0.29) is 0 Å². The van der Waals surface area contributed by atoms with Gasteiger partial charge in [0.2, 0.25) is 0 Å². The first-order chi connectivity index (χ1) is 7.40. The maximum absolute atomic E-state index is 5.41. The molecule has 0 atom stereocenters. The molecule has 0 spiro atoms. The van der Waals surface area contributed by atoms with Gasteiger partial charge in [-0.15, -0.1) is 29.5 Å². The summed E-state index contributed by atoms with van der Waals surface area (Å²) in [6.07, 6.45) is 5.41. The molecular formula is C13H10S2. The Balaban J connectivity index is 2.03. The van der Waals surface area contributed by atoms with E-state index in [4.69, 9.17) is 6.42 Å². The fourth-order valence-electron chi connectivity index (χ4n) is 1.25. The number of hydrogen-bond acceptors (Lipinski definition) is 2. The number of thioether (sulfide) groups is 1. The van der Waals surface area contributed by atoms with Crippen LogP contribution in [0.3, 0.4) is 0 Å². The van der Waals surface area contributed by atoms with Crippen molar-refractivity contribution in [3.05, 3.63) is 52.2 Å². The predicted molar refractivity (Wildman–Crippen MR) is 68.3 cm³/mol. The van der Waals surface area contributed by atoms with Crippen molar-refractivity contribution in [1.82, 2.24) is 0 Å². The summed E-state index contributed by atoms with van der Waals surface area (Å²) < 4.78 is 0. The lowest BCUT2D eigenvalue weighted by Crippen LogP contribution is -1.78. The van der Waals surface area contributed by atoms with Crippen LogP contribution in [0.15, 0.2) is 46.7 Å². The summed E-state index contributed by atoms with van der Waals surface area (Å²) in [6.45, 7) is 0. The van der Waals surface area contributed by atoms with E-state index >= 15 is 0 Å². The van der Waals surface area contributed by atoms with Gasteiger partial charge in [-0.1, -0.05) is 36.3 Å². The molecule has 0 fully saturated rings. The summed E-state index contributed by atoms with van der Waals surface area (Å²) in [7, 11) is 0. The van der Waals surface area contributed by atoms with E-state index in [9.17, 15) is 0 Å². The Bertz CT molecular complexity index is 463. The van der Waals surface area contributed by atoms with E-state index in [1.807, 2.05) is 11.4 Å². The van der Waals surface area contributed by atoms with Crippen molar-refractivity contribution < 1.29 is 0 Å². The zero-order valence-electron chi connectivity index (χ0n) is 8.14. The van der Waals surface area contributed by atoms with Gasteiger partial charge in [0, 0.05) is 10.6 Å². The Labute approximate surface area is 98.3 Å². The standard InChI is InChI=1S/C13H10S2/c1-2-12-13(8-9-14-12)15-10-11-6-4-3-5-7-11/h1,3-9H,10H2. The second-order valence-electron chi connectivity index (χ2n) is 3.03. The first-order valence-corrected chi connectivity index (χ1v) is 6.47. The third kappa shape index (κ3) is 2.65.